The van der Waals surface area contributed by atoms with Crippen LogP contribution in [0.5, 0.6) is 0 Å². The van der Waals surface area contributed by atoms with Crippen molar-refractivity contribution < 1.29 is 9.47 Å². The maximum absolute atomic E-state index is 7.46. The number of nitrogens with zero attached hydrogens (tertiary/aromatic N) is 6. The second-order valence-electron chi connectivity index (χ2n) is 10.2. The van der Waals surface area contributed by atoms with Crippen LogP contribution in [0.4, 0.5) is 23.1 Å². The molecule has 3 aromatic rings. The van der Waals surface area contributed by atoms with Gasteiger partial charge in [0.25, 0.3) is 0 Å². The summed E-state index contributed by atoms with van der Waals surface area (Å²) >= 11 is 0. The molecule has 2 N–H and O–H groups in total. The zero-order valence-electron chi connectivity index (χ0n) is 21.1. The highest BCUT2D eigenvalue weighted by molar-refractivity contribution is 5.93. The molecule has 3 aliphatic rings. The molecular weight excluding hydrogens is 468 g/mol. The first-order valence-corrected chi connectivity index (χ1v) is 13.4. The summed E-state index contributed by atoms with van der Waals surface area (Å²) in [5.41, 5.74) is 2.26. The Hall–Kier alpha value is -3.26. The van der Waals surface area contributed by atoms with Crippen molar-refractivity contribution in [1.29, 1.82) is 0 Å². The van der Waals surface area contributed by atoms with E-state index in [1.54, 1.807) is 0 Å². The number of hydrogen-bond donors (Lipinski definition) is 2. The van der Waals surface area contributed by atoms with Crippen LogP contribution in [0.1, 0.15) is 44.6 Å². The first kappa shape index (κ1) is 24.1. The minimum absolute atomic E-state index is 0.344. The van der Waals surface area contributed by atoms with Gasteiger partial charge in [0.2, 0.25) is 5.95 Å². The number of fused-ring (bicyclic) bond motifs is 1. The maximum atomic E-state index is 7.46. The number of rotatable bonds is 6. The Bertz CT molecular complexity index is 1250. The Morgan fingerprint density at radius 1 is 0.919 bits per heavy atom. The van der Waals surface area contributed by atoms with Crippen LogP contribution in [0.25, 0.3) is 15.7 Å². The standard InChI is InChI=1S/C27H34N8O2/c1-28-20-4-7-25-24(16-20)26(30-19-2-5-22(6-3-19)34-10-14-37-15-11-34)33-27(32-25)31-21-17-29-35(18-21)23-8-12-36-13-9-23/h4,7,16-19,22-23H,2-3,5-6,8-15H2,(H2,30,31,32,33). The summed E-state index contributed by atoms with van der Waals surface area (Å²) in [6, 6.07) is 6.95. The number of anilines is 3. The summed E-state index contributed by atoms with van der Waals surface area (Å²) in [4.78, 5) is 15.8. The highest BCUT2D eigenvalue weighted by Crippen LogP contribution is 2.31. The zero-order valence-corrected chi connectivity index (χ0v) is 21.1. The second-order valence-corrected chi connectivity index (χ2v) is 10.2. The van der Waals surface area contributed by atoms with E-state index in [-0.39, 0.29) is 0 Å². The average Bonchev–Trinajstić information content (AvgIpc) is 3.43. The van der Waals surface area contributed by atoms with Gasteiger partial charge in [0.15, 0.2) is 5.69 Å². The van der Waals surface area contributed by atoms with Gasteiger partial charge in [-0.1, -0.05) is 6.07 Å². The van der Waals surface area contributed by atoms with Gasteiger partial charge in [-0.3, -0.25) is 9.58 Å². The molecule has 1 aliphatic carbocycles. The Labute approximate surface area is 217 Å². The van der Waals surface area contributed by atoms with E-state index in [0.29, 0.717) is 29.8 Å². The summed E-state index contributed by atoms with van der Waals surface area (Å²) in [6.45, 7) is 12.8. The van der Waals surface area contributed by atoms with Crippen LogP contribution in [0.2, 0.25) is 0 Å². The Morgan fingerprint density at radius 3 is 2.49 bits per heavy atom. The van der Waals surface area contributed by atoms with Gasteiger partial charge in [-0.15, -0.1) is 0 Å². The van der Waals surface area contributed by atoms with Crippen LogP contribution in [-0.4, -0.2) is 76.2 Å². The summed E-state index contributed by atoms with van der Waals surface area (Å²) < 4.78 is 13.0. The molecule has 0 radical (unpaired) electrons. The maximum Gasteiger partial charge on any atom is 0.229 e. The smallest absolute Gasteiger partial charge is 0.229 e. The number of ether oxygens (including phenoxy) is 2. The number of aromatic nitrogens is 4. The van der Waals surface area contributed by atoms with Gasteiger partial charge in [0.1, 0.15) is 5.82 Å². The molecule has 0 amide bonds. The predicted octanol–water partition coefficient (Wildman–Crippen LogP) is 4.53. The lowest BCUT2D eigenvalue weighted by atomic mass is 9.90. The molecule has 2 saturated heterocycles. The summed E-state index contributed by atoms with van der Waals surface area (Å²) in [5, 5.41) is 12.5. The van der Waals surface area contributed by atoms with Gasteiger partial charge in [-0.25, -0.2) is 9.83 Å². The highest BCUT2D eigenvalue weighted by atomic mass is 16.5. The van der Waals surface area contributed by atoms with Crippen LogP contribution in [-0.2, 0) is 9.47 Å². The van der Waals surface area contributed by atoms with Gasteiger partial charge in [0, 0.05) is 50.0 Å². The number of benzene rings is 1. The van der Waals surface area contributed by atoms with Gasteiger partial charge in [-0.2, -0.15) is 10.1 Å². The van der Waals surface area contributed by atoms with Gasteiger partial charge in [0.05, 0.1) is 43.2 Å². The fraction of sp³-hybridized carbons (Fsp3) is 0.556. The van der Waals surface area contributed by atoms with E-state index in [0.717, 1.165) is 87.6 Å². The molecule has 4 heterocycles. The topological polar surface area (TPSA) is 93.7 Å². The van der Waals surface area contributed by atoms with E-state index in [2.05, 4.69) is 25.5 Å². The van der Waals surface area contributed by atoms with E-state index in [4.69, 9.17) is 26.0 Å². The first-order chi connectivity index (χ1) is 18.2. The lowest BCUT2D eigenvalue weighted by molar-refractivity contribution is 0.00791. The largest absolute Gasteiger partial charge is 0.381 e. The fourth-order valence-corrected chi connectivity index (χ4v) is 5.75. The van der Waals surface area contributed by atoms with E-state index in [9.17, 15) is 0 Å². The molecule has 10 nitrogen and oxygen atoms in total. The third-order valence-electron chi connectivity index (χ3n) is 7.83. The van der Waals surface area contributed by atoms with Crippen LogP contribution < -0.4 is 10.6 Å². The van der Waals surface area contributed by atoms with Gasteiger partial charge in [-0.05, 0) is 50.7 Å². The Morgan fingerprint density at radius 2 is 1.70 bits per heavy atom. The van der Waals surface area contributed by atoms with Crippen LogP contribution in [0, 0.1) is 6.57 Å². The predicted molar refractivity (Wildman–Crippen MR) is 142 cm³/mol. The van der Waals surface area contributed by atoms with Crippen molar-refractivity contribution in [2.45, 2.75) is 56.7 Å². The quantitative estimate of drug-likeness (QED) is 0.475. The normalized spacial score (nSPS) is 23.5. The SMILES string of the molecule is [C-]#[N+]c1ccc2nc(Nc3cnn(C4CCOCC4)c3)nc(NC3CCC(N4CCOCC4)CC3)c2c1. The lowest BCUT2D eigenvalue weighted by Crippen LogP contribution is -2.46. The van der Waals surface area contributed by atoms with Crippen molar-refractivity contribution in [3.63, 3.8) is 0 Å². The van der Waals surface area contributed by atoms with Crippen molar-refractivity contribution >= 4 is 34.0 Å². The van der Waals surface area contributed by atoms with Gasteiger partial charge < -0.3 is 20.1 Å². The molecule has 0 atom stereocenters. The Kier molecular flexibility index (Phi) is 7.17. The van der Waals surface area contributed by atoms with E-state index in [1.165, 1.54) is 12.8 Å². The molecule has 37 heavy (non-hydrogen) atoms. The molecule has 1 saturated carbocycles. The van der Waals surface area contributed by atoms with E-state index < -0.39 is 0 Å². The first-order valence-electron chi connectivity index (χ1n) is 13.4. The van der Waals surface area contributed by atoms with Crippen LogP contribution in [0.15, 0.2) is 30.6 Å². The van der Waals surface area contributed by atoms with Crippen molar-refractivity contribution in [2.24, 2.45) is 0 Å². The molecule has 2 aromatic heterocycles. The minimum Gasteiger partial charge on any atom is -0.381 e. The van der Waals surface area contributed by atoms with E-state index >= 15 is 0 Å². The monoisotopic (exact) mass is 502 g/mol. The molecule has 6 rings (SSSR count). The van der Waals surface area contributed by atoms with Crippen molar-refractivity contribution in [2.75, 3.05) is 50.2 Å². The Balaban J connectivity index is 1.19. The molecule has 0 spiro atoms. The van der Waals surface area contributed by atoms with Crippen molar-refractivity contribution in [3.8, 4) is 0 Å². The fourth-order valence-electron chi connectivity index (χ4n) is 5.75. The minimum atomic E-state index is 0.344. The summed E-state index contributed by atoms with van der Waals surface area (Å²) in [7, 11) is 0. The molecule has 1 aromatic carbocycles. The molecule has 2 aliphatic heterocycles. The average molecular weight is 503 g/mol. The number of hydrogen-bond acceptors (Lipinski definition) is 8. The lowest BCUT2D eigenvalue weighted by Gasteiger charge is -2.39. The zero-order chi connectivity index (χ0) is 25.0. The third kappa shape index (κ3) is 5.54. The molecule has 0 unspecified atom stereocenters. The summed E-state index contributed by atoms with van der Waals surface area (Å²) in [5.74, 6) is 1.31. The molecule has 10 heteroatoms. The van der Waals surface area contributed by atoms with Crippen molar-refractivity contribution in [3.05, 3.63) is 42.0 Å². The van der Waals surface area contributed by atoms with Crippen LogP contribution >= 0.6 is 0 Å². The molecular formula is C27H34N8O2. The number of nitrogens with one attached hydrogen (secondary N) is 2. The van der Waals surface area contributed by atoms with Crippen LogP contribution in [0.3, 0.4) is 0 Å². The molecule has 3 fully saturated rings. The molecule has 194 valence electrons. The highest BCUT2D eigenvalue weighted by Gasteiger charge is 2.27. The van der Waals surface area contributed by atoms with Crippen molar-refractivity contribution in [1.82, 2.24) is 24.6 Å². The molecule has 0 bridgehead atoms. The number of morpholine rings is 1. The second kappa shape index (κ2) is 11.0. The third-order valence-corrected chi connectivity index (χ3v) is 7.83. The van der Waals surface area contributed by atoms with E-state index in [1.807, 2.05) is 35.3 Å². The summed E-state index contributed by atoms with van der Waals surface area (Å²) in [6.07, 6.45) is 10.3. The van der Waals surface area contributed by atoms with Gasteiger partial charge >= 0.3 is 0 Å².